The van der Waals surface area contributed by atoms with E-state index in [4.69, 9.17) is 0 Å². The highest BCUT2D eigenvalue weighted by molar-refractivity contribution is 7.91. The van der Waals surface area contributed by atoms with Crippen LogP contribution in [0.4, 0.5) is 0 Å². The van der Waals surface area contributed by atoms with Crippen LogP contribution in [0.3, 0.4) is 0 Å². The molecule has 1 saturated heterocycles. The molecule has 0 N–H and O–H groups in total. The maximum Gasteiger partial charge on any atom is 0.283 e. The average Bonchev–Trinajstić information content (AvgIpc) is 2.54. The predicted molar refractivity (Wildman–Crippen MR) is 91.9 cm³/mol. The third kappa shape index (κ3) is 3.32. The molecule has 1 aromatic carbocycles. The van der Waals surface area contributed by atoms with Crippen molar-refractivity contribution in [3.8, 4) is 0 Å². The molecule has 0 radical (unpaired) electrons. The number of hydrogen-bond donors (Lipinski definition) is 0. The molecule has 0 aromatic heterocycles. The van der Waals surface area contributed by atoms with Gasteiger partial charge in [-0.2, -0.15) is 0 Å². The average molecular weight is 336 g/mol. The molecule has 23 heavy (non-hydrogen) atoms. The lowest BCUT2D eigenvalue weighted by Crippen LogP contribution is -2.45. The number of sulfonamides is 1. The van der Waals surface area contributed by atoms with Gasteiger partial charge in [-0.3, -0.25) is 9.79 Å². The first-order valence-corrected chi connectivity index (χ1v) is 9.09. The SMILES string of the molecule is CC(C)(C)N=C1C(=O)N(C(C)(C)C)S(=O)(=O)C1c1ccccc1. The number of benzene rings is 1. The first-order chi connectivity index (χ1) is 10.4. The number of carbonyl (C=O) groups excluding carboxylic acids is 1. The Hall–Kier alpha value is -1.69. The molecule has 0 bridgehead atoms. The Morgan fingerprint density at radius 3 is 1.96 bits per heavy atom. The molecule has 1 amide bonds. The number of carbonyl (C=O) groups is 1. The zero-order valence-corrected chi connectivity index (χ0v) is 15.3. The summed E-state index contributed by atoms with van der Waals surface area (Å²) in [5, 5.41) is -1.05. The van der Waals surface area contributed by atoms with Crippen LogP contribution in [-0.2, 0) is 14.8 Å². The van der Waals surface area contributed by atoms with Crippen molar-refractivity contribution in [2.75, 3.05) is 0 Å². The molecule has 1 aliphatic rings. The molecule has 0 aliphatic carbocycles. The summed E-state index contributed by atoms with van der Waals surface area (Å²) in [5.74, 6) is -0.527. The van der Waals surface area contributed by atoms with E-state index in [2.05, 4.69) is 4.99 Å². The fourth-order valence-corrected chi connectivity index (χ4v) is 4.93. The van der Waals surface area contributed by atoms with E-state index in [0.717, 1.165) is 4.31 Å². The fraction of sp³-hybridized carbons (Fsp3) is 0.529. The third-order valence-electron chi connectivity index (χ3n) is 3.37. The molecule has 1 aromatic rings. The Kier molecular flexibility index (Phi) is 4.18. The smallest absolute Gasteiger partial charge is 0.276 e. The molecule has 0 spiro atoms. The molecule has 126 valence electrons. The van der Waals surface area contributed by atoms with Crippen LogP contribution in [0.25, 0.3) is 0 Å². The normalized spacial score (nSPS) is 23.6. The van der Waals surface area contributed by atoms with Crippen LogP contribution in [0.1, 0.15) is 52.4 Å². The minimum absolute atomic E-state index is 0.0959. The molecule has 1 atom stereocenters. The van der Waals surface area contributed by atoms with Crippen LogP contribution < -0.4 is 0 Å². The molecule has 1 fully saturated rings. The van der Waals surface area contributed by atoms with Crippen LogP contribution in [0, 0.1) is 0 Å². The summed E-state index contributed by atoms with van der Waals surface area (Å²) in [5.41, 5.74) is -0.714. The molecule has 1 unspecified atom stereocenters. The Labute approximate surface area is 138 Å². The minimum atomic E-state index is -3.86. The second kappa shape index (κ2) is 5.44. The van der Waals surface area contributed by atoms with Crippen LogP contribution in [-0.4, -0.2) is 35.4 Å². The van der Waals surface area contributed by atoms with Crippen LogP contribution >= 0.6 is 0 Å². The van der Waals surface area contributed by atoms with E-state index in [1.807, 2.05) is 26.8 Å². The number of hydrogen-bond acceptors (Lipinski definition) is 4. The van der Waals surface area contributed by atoms with Crippen molar-refractivity contribution in [2.24, 2.45) is 4.99 Å². The lowest BCUT2D eigenvalue weighted by atomic mass is 10.0. The van der Waals surface area contributed by atoms with E-state index in [9.17, 15) is 13.2 Å². The van der Waals surface area contributed by atoms with E-state index >= 15 is 0 Å². The van der Waals surface area contributed by atoms with Crippen molar-refractivity contribution in [1.82, 2.24) is 4.31 Å². The molecule has 0 saturated carbocycles. The fourth-order valence-electron chi connectivity index (χ4n) is 2.69. The van der Waals surface area contributed by atoms with Gasteiger partial charge < -0.3 is 0 Å². The number of rotatable bonds is 1. The second-order valence-electron chi connectivity index (χ2n) is 7.74. The van der Waals surface area contributed by atoms with Crippen molar-refractivity contribution in [1.29, 1.82) is 0 Å². The van der Waals surface area contributed by atoms with Gasteiger partial charge in [-0.15, -0.1) is 0 Å². The van der Waals surface area contributed by atoms with Gasteiger partial charge in [0.05, 0.1) is 11.1 Å². The highest BCUT2D eigenvalue weighted by Crippen LogP contribution is 2.39. The molecule has 6 heteroatoms. The molecule has 2 rings (SSSR count). The minimum Gasteiger partial charge on any atom is -0.276 e. The number of nitrogens with zero attached hydrogens (tertiary/aromatic N) is 2. The van der Waals surface area contributed by atoms with Crippen molar-refractivity contribution in [3.05, 3.63) is 35.9 Å². The van der Waals surface area contributed by atoms with Gasteiger partial charge in [-0.1, -0.05) is 30.3 Å². The summed E-state index contributed by atoms with van der Waals surface area (Å²) >= 11 is 0. The van der Waals surface area contributed by atoms with Crippen LogP contribution in [0.2, 0.25) is 0 Å². The first-order valence-electron chi connectivity index (χ1n) is 7.59. The van der Waals surface area contributed by atoms with Crippen molar-refractivity contribution in [3.63, 3.8) is 0 Å². The van der Waals surface area contributed by atoms with E-state index in [1.54, 1.807) is 45.0 Å². The summed E-state index contributed by atoms with van der Waals surface area (Å²) in [6.45, 7) is 10.7. The van der Waals surface area contributed by atoms with E-state index in [-0.39, 0.29) is 5.71 Å². The molecule has 1 aliphatic heterocycles. The van der Waals surface area contributed by atoms with E-state index in [1.165, 1.54) is 0 Å². The Morgan fingerprint density at radius 2 is 1.52 bits per heavy atom. The zero-order chi connectivity index (χ0) is 17.6. The summed E-state index contributed by atoms with van der Waals surface area (Å²) in [6.07, 6.45) is 0. The van der Waals surface area contributed by atoms with Gasteiger partial charge in [0.2, 0.25) is 0 Å². The van der Waals surface area contributed by atoms with Crippen LogP contribution in [0.5, 0.6) is 0 Å². The predicted octanol–water partition coefficient (Wildman–Crippen LogP) is 2.94. The highest BCUT2D eigenvalue weighted by atomic mass is 32.2. The molecular weight excluding hydrogens is 312 g/mol. The van der Waals surface area contributed by atoms with Gasteiger partial charge in [0, 0.05) is 0 Å². The van der Waals surface area contributed by atoms with Gasteiger partial charge in [-0.25, -0.2) is 12.7 Å². The first kappa shape index (κ1) is 17.7. The quantitative estimate of drug-likeness (QED) is 0.792. The van der Waals surface area contributed by atoms with E-state index < -0.39 is 32.3 Å². The maximum atomic E-state index is 13.1. The van der Waals surface area contributed by atoms with Crippen LogP contribution in [0.15, 0.2) is 35.3 Å². The number of aliphatic imine (C=N–C) groups is 1. The summed E-state index contributed by atoms with van der Waals surface area (Å²) < 4.78 is 27.1. The standard InChI is InChI=1S/C17H24N2O3S/c1-16(2,3)18-13-14(12-10-8-7-9-11-12)23(21,22)19(15(13)20)17(4,5)6/h7-11,14H,1-6H3. The summed E-state index contributed by atoms with van der Waals surface area (Å²) in [4.78, 5) is 17.3. The zero-order valence-electron chi connectivity index (χ0n) is 14.5. The highest BCUT2D eigenvalue weighted by Gasteiger charge is 2.54. The van der Waals surface area contributed by atoms with Gasteiger partial charge in [0.1, 0.15) is 5.71 Å². The van der Waals surface area contributed by atoms with Crippen molar-refractivity contribution in [2.45, 2.75) is 57.9 Å². The monoisotopic (exact) mass is 336 g/mol. The Balaban J connectivity index is 2.74. The lowest BCUT2D eigenvalue weighted by molar-refractivity contribution is -0.122. The van der Waals surface area contributed by atoms with Gasteiger partial charge in [-0.05, 0) is 47.1 Å². The summed E-state index contributed by atoms with van der Waals surface area (Å²) in [7, 11) is -3.86. The van der Waals surface area contributed by atoms with Gasteiger partial charge >= 0.3 is 0 Å². The summed E-state index contributed by atoms with van der Waals surface area (Å²) in [6, 6.07) is 8.79. The number of amides is 1. The lowest BCUT2D eigenvalue weighted by Gasteiger charge is -2.30. The topological polar surface area (TPSA) is 66.8 Å². The second-order valence-corrected chi connectivity index (χ2v) is 9.61. The largest absolute Gasteiger partial charge is 0.283 e. The third-order valence-corrected chi connectivity index (χ3v) is 5.69. The Bertz CT molecular complexity index is 738. The van der Waals surface area contributed by atoms with Crippen molar-refractivity contribution < 1.29 is 13.2 Å². The van der Waals surface area contributed by atoms with Gasteiger partial charge in [0.25, 0.3) is 15.9 Å². The molecule has 5 nitrogen and oxygen atoms in total. The van der Waals surface area contributed by atoms with Gasteiger partial charge in [0.15, 0.2) is 5.25 Å². The van der Waals surface area contributed by atoms with E-state index in [0.29, 0.717) is 5.56 Å². The molecule has 1 heterocycles. The Morgan fingerprint density at radius 1 is 1.00 bits per heavy atom. The van der Waals surface area contributed by atoms with Crippen molar-refractivity contribution >= 4 is 21.6 Å². The molecular formula is C17H24N2O3S. The maximum absolute atomic E-state index is 13.1.